The predicted octanol–water partition coefficient (Wildman–Crippen LogP) is 6.50. The van der Waals surface area contributed by atoms with Crippen LogP contribution in [0.1, 0.15) is 36.5 Å². The van der Waals surface area contributed by atoms with E-state index in [1.54, 1.807) is 6.07 Å². The molecule has 0 N–H and O–H groups in total. The van der Waals surface area contributed by atoms with Crippen LogP contribution in [-0.4, -0.2) is 24.2 Å². The Balaban J connectivity index is 1.43. The largest absolute Gasteiger partial charge is 0.416 e. The van der Waals surface area contributed by atoms with Crippen LogP contribution in [0.3, 0.4) is 0 Å². The van der Waals surface area contributed by atoms with Crippen molar-refractivity contribution >= 4 is 23.0 Å². The third kappa shape index (κ3) is 3.92. The molecule has 1 amide bonds. The number of benzene rings is 3. The molecule has 3 aliphatic heterocycles. The van der Waals surface area contributed by atoms with E-state index in [1.165, 1.54) is 16.6 Å². The van der Waals surface area contributed by atoms with Gasteiger partial charge in [0.05, 0.1) is 17.0 Å². The van der Waals surface area contributed by atoms with Crippen molar-refractivity contribution < 1.29 is 18.0 Å². The summed E-state index contributed by atoms with van der Waals surface area (Å²) in [7, 11) is 0. The van der Waals surface area contributed by atoms with Crippen LogP contribution in [0, 0.1) is 11.3 Å². The molecule has 3 atom stereocenters. The van der Waals surface area contributed by atoms with Crippen molar-refractivity contribution in [2.45, 2.75) is 44.8 Å². The highest BCUT2D eigenvalue weighted by molar-refractivity contribution is 6.20. The summed E-state index contributed by atoms with van der Waals surface area (Å²) in [6.45, 7) is 2.55. The van der Waals surface area contributed by atoms with Crippen molar-refractivity contribution in [2.75, 3.05) is 16.5 Å². The van der Waals surface area contributed by atoms with Crippen LogP contribution in [0.25, 0.3) is 0 Å². The van der Waals surface area contributed by atoms with Gasteiger partial charge in [-0.05, 0) is 80.0 Å². The molecular formula is C30H28F3N3O. The van der Waals surface area contributed by atoms with Gasteiger partial charge in [-0.15, -0.1) is 0 Å². The van der Waals surface area contributed by atoms with E-state index in [2.05, 4.69) is 17.0 Å². The van der Waals surface area contributed by atoms with E-state index < -0.39 is 17.2 Å². The Hall–Kier alpha value is -3.61. The topological polar surface area (TPSA) is 35.9 Å². The molecular weight excluding hydrogens is 475 g/mol. The fourth-order valence-corrected chi connectivity index (χ4v) is 6.49. The number of hydrazone groups is 1. The summed E-state index contributed by atoms with van der Waals surface area (Å²) in [6, 6.07) is 23.4. The molecule has 0 unspecified atom stereocenters. The maximum atomic E-state index is 14.3. The minimum absolute atomic E-state index is 0.158. The fourth-order valence-electron chi connectivity index (χ4n) is 6.49. The summed E-state index contributed by atoms with van der Waals surface area (Å²) >= 11 is 0. The Morgan fingerprint density at radius 2 is 1.70 bits per heavy atom. The lowest BCUT2D eigenvalue weighted by atomic mass is 9.63. The number of anilines is 2. The zero-order chi connectivity index (χ0) is 25.8. The van der Waals surface area contributed by atoms with Crippen LogP contribution in [0.15, 0.2) is 84.0 Å². The molecule has 1 saturated heterocycles. The van der Waals surface area contributed by atoms with Crippen LogP contribution < -0.4 is 9.91 Å². The quantitative estimate of drug-likeness (QED) is 0.409. The molecule has 0 bridgehead atoms. The Labute approximate surface area is 214 Å². The lowest BCUT2D eigenvalue weighted by molar-refractivity contribution is -0.137. The molecule has 1 spiro atoms. The predicted molar refractivity (Wildman–Crippen MR) is 139 cm³/mol. The average Bonchev–Trinajstić information content (AvgIpc) is 3.14. The van der Waals surface area contributed by atoms with Crippen LogP contribution in [0.2, 0.25) is 0 Å². The molecule has 37 heavy (non-hydrogen) atoms. The summed E-state index contributed by atoms with van der Waals surface area (Å²) < 4.78 is 40.9. The SMILES string of the molecule is CC1=NN(c2ccccc2)C(=O)[C@]12Cc1cc(C(F)(F)F)ccc1N1CC[C@H](Cc3ccccc3)C[C@H]12. The highest BCUT2D eigenvalue weighted by atomic mass is 19.4. The number of amides is 1. The summed E-state index contributed by atoms with van der Waals surface area (Å²) in [4.78, 5) is 16.5. The minimum Gasteiger partial charge on any atom is -0.367 e. The number of hydrogen-bond acceptors (Lipinski definition) is 3. The molecule has 7 heteroatoms. The van der Waals surface area contributed by atoms with Gasteiger partial charge in [-0.25, -0.2) is 0 Å². The van der Waals surface area contributed by atoms with Crippen LogP contribution in [0.5, 0.6) is 0 Å². The number of para-hydroxylation sites is 1. The van der Waals surface area contributed by atoms with Gasteiger partial charge < -0.3 is 4.90 Å². The van der Waals surface area contributed by atoms with Crippen LogP contribution >= 0.6 is 0 Å². The molecule has 1 fully saturated rings. The number of hydrogen-bond donors (Lipinski definition) is 0. The number of alkyl halides is 3. The smallest absolute Gasteiger partial charge is 0.367 e. The maximum Gasteiger partial charge on any atom is 0.416 e. The van der Waals surface area contributed by atoms with Crippen molar-refractivity contribution in [1.29, 1.82) is 0 Å². The first-order valence-electron chi connectivity index (χ1n) is 12.7. The second kappa shape index (κ2) is 8.75. The third-order valence-electron chi connectivity index (χ3n) is 8.30. The second-order valence-corrected chi connectivity index (χ2v) is 10.4. The van der Waals surface area contributed by atoms with Gasteiger partial charge in [0.2, 0.25) is 0 Å². The summed E-state index contributed by atoms with van der Waals surface area (Å²) in [5.74, 6) is 0.206. The molecule has 3 aromatic rings. The first-order valence-corrected chi connectivity index (χ1v) is 12.7. The molecule has 3 heterocycles. The summed E-state index contributed by atoms with van der Waals surface area (Å²) in [5.41, 5.74) is 2.27. The molecule has 4 nitrogen and oxygen atoms in total. The molecule has 3 aromatic carbocycles. The number of carbonyl (C=O) groups is 1. The highest BCUT2D eigenvalue weighted by Crippen LogP contribution is 2.51. The average molecular weight is 504 g/mol. The van der Waals surface area contributed by atoms with Crippen molar-refractivity contribution in [3.8, 4) is 0 Å². The van der Waals surface area contributed by atoms with E-state index in [9.17, 15) is 18.0 Å². The van der Waals surface area contributed by atoms with Crippen LogP contribution in [0.4, 0.5) is 24.5 Å². The second-order valence-electron chi connectivity index (χ2n) is 10.4. The third-order valence-corrected chi connectivity index (χ3v) is 8.30. The van der Waals surface area contributed by atoms with Gasteiger partial charge in [0.15, 0.2) is 0 Å². The highest BCUT2D eigenvalue weighted by Gasteiger charge is 2.60. The number of nitrogens with zero attached hydrogens (tertiary/aromatic N) is 3. The van der Waals surface area contributed by atoms with Crippen molar-refractivity contribution in [3.05, 3.63) is 95.6 Å². The number of piperidine rings is 1. The standard InChI is InChI=1S/C30H28F3N3O/c1-20-29(28(37)36(34-20)25-10-6-3-7-11-25)19-23-18-24(30(31,32)33)12-13-26(23)35-15-14-22(17-27(29)35)16-21-8-4-2-5-9-21/h2-13,18,22,27H,14-17,19H2,1H3/t22-,27+,29-/m1/s1. The van der Waals surface area contributed by atoms with E-state index in [-0.39, 0.29) is 18.4 Å². The number of fused-ring (bicyclic) bond motifs is 4. The number of halogens is 3. The first kappa shape index (κ1) is 23.8. The fraction of sp³-hybridized carbons (Fsp3) is 0.333. The molecule has 3 aliphatic rings. The van der Waals surface area contributed by atoms with Crippen molar-refractivity contribution in [3.63, 3.8) is 0 Å². The van der Waals surface area contributed by atoms with E-state index >= 15 is 0 Å². The Morgan fingerprint density at radius 1 is 1.00 bits per heavy atom. The molecule has 0 aliphatic carbocycles. The van der Waals surface area contributed by atoms with Gasteiger partial charge in [0.25, 0.3) is 5.91 Å². The molecule has 6 rings (SSSR count). The van der Waals surface area contributed by atoms with Crippen molar-refractivity contribution in [1.82, 2.24) is 0 Å². The molecule has 190 valence electrons. The number of carbonyl (C=O) groups excluding carboxylic acids is 1. The van der Waals surface area contributed by atoms with Gasteiger partial charge in [-0.2, -0.15) is 23.3 Å². The lowest BCUT2D eigenvalue weighted by Crippen LogP contribution is -2.62. The van der Waals surface area contributed by atoms with Gasteiger partial charge in [0.1, 0.15) is 5.41 Å². The Kier molecular flexibility index (Phi) is 5.62. The maximum absolute atomic E-state index is 14.3. The minimum atomic E-state index is -4.44. The monoisotopic (exact) mass is 503 g/mol. The summed E-state index contributed by atoms with van der Waals surface area (Å²) in [6.07, 6.45) is -1.64. The van der Waals surface area contributed by atoms with Crippen LogP contribution in [-0.2, 0) is 23.8 Å². The molecule has 0 radical (unpaired) electrons. The van der Waals surface area contributed by atoms with Gasteiger partial charge in [-0.3, -0.25) is 4.79 Å². The lowest BCUT2D eigenvalue weighted by Gasteiger charge is -2.52. The first-order chi connectivity index (χ1) is 17.8. The van der Waals surface area contributed by atoms with E-state index in [4.69, 9.17) is 5.10 Å². The zero-order valence-electron chi connectivity index (χ0n) is 20.6. The Bertz CT molecular complexity index is 1360. The Morgan fingerprint density at radius 3 is 2.41 bits per heavy atom. The zero-order valence-corrected chi connectivity index (χ0v) is 20.6. The normalized spacial score (nSPS) is 25.2. The van der Waals surface area contributed by atoms with Gasteiger partial charge >= 0.3 is 6.18 Å². The number of rotatable bonds is 3. The van der Waals surface area contributed by atoms with E-state index in [1.807, 2.05) is 55.5 Å². The van der Waals surface area contributed by atoms with Gasteiger partial charge in [0, 0.05) is 18.3 Å². The molecule has 0 saturated carbocycles. The molecule has 0 aromatic heterocycles. The van der Waals surface area contributed by atoms with Crippen molar-refractivity contribution in [2.24, 2.45) is 16.4 Å². The van der Waals surface area contributed by atoms with Gasteiger partial charge in [-0.1, -0.05) is 48.5 Å². The van der Waals surface area contributed by atoms with E-state index in [0.717, 1.165) is 31.0 Å². The summed E-state index contributed by atoms with van der Waals surface area (Å²) in [5, 5.41) is 6.16. The van der Waals surface area contributed by atoms with E-state index in [0.29, 0.717) is 29.4 Å².